The Morgan fingerprint density at radius 3 is 2.17 bits per heavy atom. The van der Waals surface area contributed by atoms with E-state index < -0.39 is 24.5 Å². The minimum Gasteiger partial charge on any atom is -0.452 e. The van der Waals surface area contributed by atoms with Gasteiger partial charge >= 0.3 is 12.0 Å². The van der Waals surface area contributed by atoms with Crippen LogP contribution in [0.3, 0.4) is 0 Å². The zero-order valence-corrected chi connectivity index (χ0v) is 14.0. The van der Waals surface area contributed by atoms with E-state index in [4.69, 9.17) is 4.74 Å². The Hall–Kier alpha value is -2.37. The maximum absolute atomic E-state index is 11.8. The fourth-order valence-electron chi connectivity index (χ4n) is 1.72. The topological polar surface area (TPSA) is 84.5 Å². The molecule has 0 aliphatic rings. The Morgan fingerprint density at radius 2 is 1.65 bits per heavy atom. The maximum Gasteiger partial charge on any atom is 0.338 e. The molecular weight excluding hydrogens is 296 g/mol. The Labute approximate surface area is 136 Å². The molecule has 3 amide bonds. The summed E-state index contributed by atoms with van der Waals surface area (Å²) in [5, 5.41) is 4.64. The molecule has 2 N–H and O–H groups in total. The van der Waals surface area contributed by atoms with Crippen LogP contribution in [0.4, 0.5) is 4.79 Å². The van der Waals surface area contributed by atoms with E-state index in [-0.39, 0.29) is 5.92 Å². The average Bonchev–Trinajstić information content (AvgIpc) is 2.50. The van der Waals surface area contributed by atoms with Gasteiger partial charge in [-0.15, -0.1) is 0 Å². The van der Waals surface area contributed by atoms with Crippen molar-refractivity contribution in [2.24, 2.45) is 5.92 Å². The summed E-state index contributed by atoms with van der Waals surface area (Å²) in [5.41, 5.74) is 1.48. The number of hydrogen-bond donors (Lipinski definition) is 2. The number of rotatable bonds is 6. The van der Waals surface area contributed by atoms with Crippen LogP contribution < -0.4 is 10.6 Å². The highest BCUT2D eigenvalue weighted by Gasteiger charge is 2.12. The summed E-state index contributed by atoms with van der Waals surface area (Å²) in [4.78, 5) is 34.7. The second kappa shape index (κ2) is 8.92. The minimum atomic E-state index is -0.668. The monoisotopic (exact) mass is 320 g/mol. The van der Waals surface area contributed by atoms with Crippen molar-refractivity contribution in [1.29, 1.82) is 0 Å². The van der Waals surface area contributed by atoms with Gasteiger partial charge in [0.2, 0.25) is 0 Å². The van der Waals surface area contributed by atoms with E-state index in [9.17, 15) is 14.4 Å². The lowest BCUT2D eigenvalue weighted by atomic mass is 10.0. The smallest absolute Gasteiger partial charge is 0.338 e. The van der Waals surface area contributed by atoms with Gasteiger partial charge in [0.1, 0.15) is 0 Å². The van der Waals surface area contributed by atoms with E-state index in [2.05, 4.69) is 24.5 Å². The quantitative estimate of drug-likeness (QED) is 0.789. The number of imide groups is 1. The molecule has 0 atom stereocenters. The highest BCUT2D eigenvalue weighted by Crippen LogP contribution is 2.15. The third kappa shape index (κ3) is 6.95. The summed E-state index contributed by atoms with van der Waals surface area (Å²) in [6.45, 7) is 7.95. The highest BCUT2D eigenvalue weighted by atomic mass is 16.5. The molecule has 1 aromatic rings. The number of hydrogen-bond acceptors (Lipinski definition) is 4. The van der Waals surface area contributed by atoms with Gasteiger partial charge in [-0.25, -0.2) is 9.59 Å². The molecule has 126 valence electrons. The van der Waals surface area contributed by atoms with Crippen LogP contribution >= 0.6 is 0 Å². The number of carbonyl (C=O) groups is 3. The van der Waals surface area contributed by atoms with Crippen molar-refractivity contribution >= 4 is 17.9 Å². The Kier molecular flexibility index (Phi) is 7.25. The van der Waals surface area contributed by atoms with Crippen molar-refractivity contribution in [3.8, 4) is 0 Å². The van der Waals surface area contributed by atoms with Crippen LogP contribution in [0.25, 0.3) is 0 Å². The van der Waals surface area contributed by atoms with Gasteiger partial charge in [-0.1, -0.05) is 39.8 Å². The zero-order chi connectivity index (χ0) is 17.4. The van der Waals surface area contributed by atoms with Crippen molar-refractivity contribution in [2.45, 2.75) is 33.6 Å². The van der Waals surface area contributed by atoms with Gasteiger partial charge in [-0.2, -0.15) is 0 Å². The number of esters is 1. The van der Waals surface area contributed by atoms with Gasteiger partial charge in [-0.05, 0) is 29.5 Å². The largest absolute Gasteiger partial charge is 0.452 e. The molecule has 1 aromatic carbocycles. The van der Waals surface area contributed by atoms with Gasteiger partial charge in [0.25, 0.3) is 5.91 Å². The number of urea groups is 1. The van der Waals surface area contributed by atoms with Crippen molar-refractivity contribution in [1.82, 2.24) is 10.6 Å². The van der Waals surface area contributed by atoms with Crippen LogP contribution in [0.15, 0.2) is 24.3 Å². The van der Waals surface area contributed by atoms with Crippen molar-refractivity contribution in [3.63, 3.8) is 0 Å². The fraction of sp³-hybridized carbons (Fsp3) is 0.471. The molecule has 0 fully saturated rings. The lowest BCUT2D eigenvalue weighted by Gasteiger charge is -2.09. The first-order chi connectivity index (χ1) is 10.8. The molecule has 0 saturated heterocycles. The summed E-state index contributed by atoms with van der Waals surface area (Å²) in [5.74, 6) is -0.617. The van der Waals surface area contributed by atoms with Crippen LogP contribution in [0.1, 0.15) is 49.5 Å². The SMILES string of the molecule is CC(C)CNC(=O)NC(=O)COC(=O)c1ccc(C(C)C)cc1. The van der Waals surface area contributed by atoms with Gasteiger partial charge in [0, 0.05) is 6.54 Å². The molecule has 1 rings (SSSR count). The van der Waals surface area contributed by atoms with Gasteiger partial charge < -0.3 is 10.1 Å². The third-order valence-corrected chi connectivity index (χ3v) is 3.07. The molecule has 0 spiro atoms. The van der Waals surface area contributed by atoms with Crippen LogP contribution in [-0.4, -0.2) is 31.1 Å². The van der Waals surface area contributed by atoms with Gasteiger partial charge in [-0.3, -0.25) is 10.1 Å². The first-order valence-corrected chi connectivity index (χ1v) is 7.64. The molecule has 0 saturated carbocycles. The molecule has 6 heteroatoms. The second-order valence-corrected chi connectivity index (χ2v) is 6.00. The highest BCUT2D eigenvalue weighted by molar-refractivity contribution is 5.97. The van der Waals surface area contributed by atoms with E-state index >= 15 is 0 Å². The Balaban J connectivity index is 2.40. The lowest BCUT2D eigenvalue weighted by Crippen LogP contribution is -2.42. The summed E-state index contributed by atoms with van der Waals surface area (Å²) < 4.78 is 4.89. The summed E-state index contributed by atoms with van der Waals surface area (Å²) in [7, 11) is 0. The molecule has 23 heavy (non-hydrogen) atoms. The van der Waals surface area contributed by atoms with Gasteiger partial charge in [0.15, 0.2) is 6.61 Å². The number of nitrogens with one attached hydrogen (secondary N) is 2. The number of amides is 3. The van der Waals surface area contributed by atoms with Crippen molar-refractivity contribution in [3.05, 3.63) is 35.4 Å². The van der Waals surface area contributed by atoms with Gasteiger partial charge in [0.05, 0.1) is 5.56 Å². The number of benzene rings is 1. The minimum absolute atomic E-state index is 0.280. The normalized spacial score (nSPS) is 10.5. The molecule has 0 radical (unpaired) electrons. The molecule has 0 aliphatic heterocycles. The molecular formula is C17H24N2O4. The maximum atomic E-state index is 11.8. The molecule has 0 unspecified atom stereocenters. The third-order valence-electron chi connectivity index (χ3n) is 3.07. The van der Waals surface area contributed by atoms with E-state index in [0.29, 0.717) is 18.0 Å². The number of ether oxygens (including phenoxy) is 1. The first kappa shape index (κ1) is 18.7. The van der Waals surface area contributed by atoms with E-state index in [1.54, 1.807) is 12.1 Å². The average molecular weight is 320 g/mol. The fourth-order valence-corrected chi connectivity index (χ4v) is 1.72. The van der Waals surface area contributed by atoms with Crippen LogP contribution in [0.5, 0.6) is 0 Å². The summed E-state index contributed by atoms with van der Waals surface area (Å²) in [6, 6.07) is 6.41. The van der Waals surface area contributed by atoms with Crippen LogP contribution in [0, 0.1) is 5.92 Å². The summed E-state index contributed by atoms with van der Waals surface area (Å²) in [6.07, 6.45) is 0. The van der Waals surface area contributed by atoms with E-state index in [1.807, 2.05) is 26.0 Å². The van der Waals surface area contributed by atoms with E-state index in [0.717, 1.165) is 5.56 Å². The molecule has 0 heterocycles. The van der Waals surface area contributed by atoms with Crippen molar-refractivity contribution < 1.29 is 19.1 Å². The molecule has 6 nitrogen and oxygen atoms in total. The van der Waals surface area contributed by atoms with Crippen molar-refractivity contribution in [2.75, 3.05) is 13.2 Å². The predicted molar refractivity (Wildman–Crippen MR) is 87.2 cm³/mol. The van der Waals surface area contributed by atoms with Crippen LogP contribution in [-0.2, 0) is 9.53 Å². The van der Waals surface area contributed by atoms with E-state index in [1.165, 1.54) is 0 Å². The molecule has 0 aliphatic carbocycles. The predicted octanol–water partition coefficient (Wildman–Crippen LogP) is 2.45. The standard InChI is InChI=1S/C17H24N2O4/c1-11(2)9-18-17(22)19-15(20)10-23-16(21)14-7-5-13(6-8-14)12(3)4/h5-8,11-12H,9-10H2,1-4H3,(H2,18,19,20,22). The van der Waals surface area contributed by atoms with Crippen LogP contribution in [0.2, 0.25) is 0 Å². The number of carbonyl (C=O) groups excluding carboxylic acids is 3. The Morgan fingerprint density at radius 1 is 1.04 bits per heavy atom. The second-order valence-electron chi connectivity index (χ2n) is 6.00. The molecule has 0 bridgehead atoms. The lowest BCUT2D eigenvalue weighted by molar-refractivity contribution is -0.123. The summed E-state index contributed by atoms with van der Waals surface area (Å²) >= 11 is 0. The Bertz CT molecular complexity index is 550. The first-order valence-electron chi connectivity index (χ1n) is 7.64. The molecule has 0 aromatic heterocycles. The zero-order valence-electron chi connectivity index (χ0n) is 14.0.